The first-order chi connectivity index (χ1) is 7.67. The summed E-state index contributed by atoms with van der Waals surface area (Å²) in [5, 5.41) is 3.47. The second-order valence-corrected chi connectivity index (χ2v) is 4.53. The molecule has 1 rings (SSSR count). The number of carbonyl (C=O) groups is 1. The molecule has 1 fully saturated rings. The van der Waals surface area contributed by atoms with Crippen molar-refractivity contribution in [2.75, 3.05) is 39.8 Å². The molecule has 1 saturated heterocycles. The minimum Gasteiger partial charge on any atom is -0.345 e. The van der Waals surface area contributed by atoms with E-state index in [1.54, 1.807) is 4.90 Å². The molecule has 1 heterocycles. The van der Waals surface area contributed by atoms with Crippen LogP contribution < -0.4 is 5.32 Å². The zero-order chi connectivity index (χ0) is 12.0. The molecule has 1 aliphatic heterocycles. The van der Waals surface area contributed by atoms with Crippen LogP contribution in [0.2, 0.25) is 0 Å². The zero-order valence-corrected chi connectivity index (χ0v) is 10.8. The molecule has 94 valence electrons. The average molecular weight is 227 g/mol. The van der Waals surface area contributed by atoms with Gasteiger partial charge in [-0.1, -0.05) is 6.92 Å². The summed E-state index contributed by atoms with van der Waals surface area (Å²) in [5.74, 6) is 0.224. The molecule has 0 saturated carbocycles. The molecule has 1 unspecified atom stereocenters. The molecule has 4 nitrogen and oxygen atoms in total. The Morgan fingerprint density at radius 2 is 2.12 bits per heavy atom. The van der Waals surface area contributed by atoms with E-state index in [0.717, 1.165) is 26.2 Å². The van der Waals surface area contributed by atoms with E-state index in [0.29, 0.717) is 12.6 Å². The Kier molecular flexibility index (Phi) is 5.77. The first kappa shape index (κ1) is 13.5. The van der Waals surface area contributed by atoms with Crippen LogP contribution in [-0.4, -0.2) is 61.5 Å². The predicted octanol–water partition coefficient (Wildman–Crippen LogP) is 0.539. The Morgan fingerprint density at radius 1 is 1.38 bits per heavy atom. The molecule has 0 aromatic heterocycles. The standard InChI is InChI=1S/C12H25N3O/c1-4-14(3)12(16)10-15(5-2)9-11-7-6-8-13-11/h11,13H,4-10H2,1-3H3. The summed E-state index contributed by atoms with van der Waals surface area (Å²) in [6.07, 6.45) is 2.51. The molecule has 0 spiro atoms. The Hall–Kier alpha value is -0.610. The summed E-state index contributed by atoms with van der Waals surface area (Å²) >= 11 is 0. The lowest BCUT2D eigenvalue weighted by Crippen LogP contribution is -2.43. The van der Waals surface area contributed by atoms with E-state index >= 15 is 0 Å². The van der Waals surface area contributed by atoms with E-state index in [-0.39, 0.29) is 5.91 Å². The van der Waals surface area contributed by atoms with Gasteiger partial charge < -0.3 is 10.2 Å². The van der Waals surface area contributed by atoms with Crippen molar-refractivity contribution in [3.63, 3.8) is 0 Å². The van der Waals surface area contributed by atoms with Crippen LogP contribution in [0.5, 0.6) is 0 Å². The first-order valence-corrected chi connectivity index (χ1v) is 6.37. The quantitative estimate of drug-likeness (QED) is 0.719. The van der Waals surface area contributed by atoms with Crippen molar-refractivity contribution in [3.8, 4) is 0 Å². The average Bonchev–Trinajstić information content (AvgIpc) is 2.79. The molecule has 0 aromatic carbocycles. The monoisotopic (exact) mass is 227 g/mol. The van der Waals surface area contributed by atoms with Gasteiger partial charge in [0.25, 0.3) is 0 Å². The van der Waals surface area contributed by atoms with Gasteiger partial charge in [-0.2, -0.15) is 0 Å². The van der Waals surface area contributed by atoms with Gasteiger partial charge in [0.1, 0.15) is 0 Å². The van der Waals surface area contributed by atoms with Gasteiger partial charge in [0.05, 0.1) is 6.54 Å². The lowest BCUT2D eigenvalue weighted by atomic mass is 10.2. The van der Waals surface area contributed by atoms with Crippen LogP contribution in [0.1, 0.15) is 26.7 Å². The summed E-state index contributed by atoms with van der Waals surface area (Å²) in [6, 6.07) is 0.583. The molecule has 0 aromatic rings. The molecule has 0 bridgehead atoms. The number of hydrogen-bond donors (Lipinski definition) is 1. The minimum absolute atomic E-state index is 0.224. The Bertz CT molecular complexity index is 214. The van der Waals surface area contributed by atoms with Crippen molar-refractivity contribution in [2.24, 2.45) is 0 Å². The normalized spacial score (nSPS) is 20.4. The Morgan fingerprint density at radius 3 is 2.62 bits per heavy atom. The summed E-state index contributed by atoms with van der Waals surface area (Å²) in [4.78, 5) is 15.8. The van der Waals surface area contributed by atoms with E-state index in [1.807, 2.05) is 14.0 Å². The van der Waals surface area contributed by atoms with Gasteiger partial charge in [-0.3, -0.25) is 9.69 Å². The zero-order valence-electron chi connectivity index (χ0n) is 10.8. The Labute approximate surface area is 99.0 Å². The van der Waals surface area contributed by atoms with Gasteiger partial charge in [0.15, 0.2) is 0 Å². The maximum Gasteiger partial charge on any atom is 0.236 e. The van der Waals surface area contributed by atoms with Gasteiger partial charge in [-0.25, -0.2) is 0 Å². The minimum atomic E-state index is 0.224. The van der Waals surface area contributed by atoms with Gasteiger partial charge in [-0.15, -0.1) is 0 Å². The first-order valence-electron chi connectivity index (χ1n) is 6.37. The van der Waals surface area contributed by atoms with Crippen LogP contribution >= 0.6 is 0 Å². The number of amides is 1. The van der Waals surface area contributed by atoms with Crippen LogP contribution in [0.3, 0.4) is 0 Å². The second-order valence-electron chi connectivity index (χ2n) is 4.53. The maximum atomic E-state index is 11.8. The third kappa shape index (κ3) is 4.10. The number of likely N-dealkylation sites (N-methyl/N-ethyl adjacent to an activating group) is 2. The van der Waals surface area contributed by atoms with E-state index in [4.69, 9.17) is 0 Å². The fourth-order valence-corrected chi connectivity index (χ4v) is 2.02. The summed E-state index contributed by atoms with van der Waals surface area (Å²) in [7, 11) is 1.87. The van der Waals surface area contributed by atoms with E-state index in [1.165, 1.54) is 12.8 Å². The summed E-state index contributed by atoms with van der Waals surface area (Å²) < 4.78 is 0. The highest BCUT2D eigenvalue weighted by Gasteiger charge is 2.19. The molecular weight excluding hydrogens is 202 g/mol. The number of carbonyl (C=O) groups excluding carboxylic acids is 1. The molecule has 4 heteroatoms. The highest BCUT2D eigenvalue weighted by molar-refractivity contribution is 5.77. The maximum absolute atomic E-state index is 11.8. The van der Waals surface area contributed by atoms with Crippen LogP contribution in [-0.2, 0) is 4.79 Å². The van der Waals surface area contributed by atoms with Crippen molar-refractivity contribution in [1.29, 1.82) is 0 Å². The highest BCUT2D eigenvalue weighted by Crippen LogP contribution is 2.06. The van der Waals surface area contributed by atoms with Crippen LogP contribution in [0, 0.1) is 0 Å². The third-order valence-electron chi connectivity index (χ3n) is 3.35. The molecular formula is C12H25N3O. The van der Waals surface area contributed by atoms with E-state index in [9.17, 15) is 4.79 Å². The topological polar surface area (TPSA) is 35.6 Å². The van der Waals surface area contributed by atoms with Gasteiger partial charge in [0, 0.05) is 26.2 Å². The SMILES string of the molecule is CCN(CC(=O)N(C)CC)CC1CCCN1. The van der Waals surface area contributed by atoms with E-state index < -0.39 is 0 Å². The van der Waals surface area contributed by atoms with E-state index in [2.05, 4.69) is 17.1 Å². The highest BCUT2D eigenvalue weighted by atomic mass is 16.2. The molecule has 16 heavy (non-hydrogen) atoms. The van der Waals surface area contributed by atoms with Gasteiger partial charge in [-0.05, 0) is 32.9 Å². The molecule has 1 atom stereocenters. The number of nitrogens with one attached hydrogen (secondary N) is 1. The molecule has 1 aliphatic rings. The fourth-order valence-electron chi connectivity index (χ4n) is 2.02. The molecule has 0 aliphatic carbocycles. The van der Waals surface area contributed by atoms with Crippen LogP contribution in [0.15, 0.2) is 0 Å². The summed E-state index contributed by atoms with van der Waals surface area (Å²) in [6.45, 7) is 8.55. The van der Waals surface area contributed by atoms with Crippen LogP contribution in [0.4, 0.5) is 0 Å². The number of hydrogen-bond acceptors (Lipinski definition) is 3. The van der Waals surface area contributed by atoms with Crippen molar-refractivity contribution < 1.29 is 4.79 Å². The second kappa shape index (κ2) is 6.86. The Balaban J connectivity index is 2.32. The number of nitrogens with zero attached hydrogens (tertiary/aromatic N) is 2. The lowest BCUT2D eigenvalue weighted by molar-refractivity contribution is -0.130. The third-order valence-corrected chi connectivity index (χ3v) is 3.35. The van der Waals surface area contributed by atoms with Crippen molar-refractivity contribution in [1.82, 2.24) is 15.1 Å². The molecule has 0 radical (unpaired) electrons. The smallest absolute Gasteiger partial charge is 0.236 e. The van der Waals surface area contributed by atoms with Gasteiger partial charge >= 0.3 is 0 Å². The van der Waals surface area contributed by atoms with Crippen LogP contribution in [0.25, 0.3) is 0 Å². The molecule has 1 N–H and O–H groups in total. The predicted molar refractivity (Wildman–Crippen MR) is 66.4 cm³/mol. The van der Waals surface area contributed by atoms with Crippen molar-refractivity contribution in [2.45, 2.75) is 32.7 Å². The largest absolute Gasteiger partial charge is 0.345 e. The summed E-state index contributed by atoms with van der Waals surface area (Å²) in [5.41, 5.74) is 0. The number of rotatable bonds is 6. The molecule has 1 amide bonds. The fraction of sp³-hybridized carbons (Fsp3) is 0.917. The van der Waals surface area contributed by atoms with Crippen molar-refractivity contribution in [3.05, 3.63) is 0 Å². The lowest BCUT2D eigenvalue weighted by Gasteiger charge is -2.25. The van der Waals surface area contributed by atoms with Crippen molar-refractivity contribution >= 4 is 5.91 Å². The van der Waals surface area contributed by atoms with Gasteiger partial charge in [0.2, 0.25) is 5.91 Å².